The Labute approximate surface area is 282 Å². The number of rotatable bonds is 6. The Morgan fingerprint density at radius 2 is 1.89 bits per heavy atom. The first-order valence-corrected chi connectivity index (χ1v) is 16.2. The Kier molecular flexibility index (Phi) is 8.69. The lowest BCUT2D eigenvalue weighted by Gasteiger charge is -2.49. The van der Waals surface area contributed by atoms with E-state index >= 15 is 0 Å². The van der Waals surface area contributed by atoms with Crippen molar-refractivity contribution in [2.24, 2.45) is 0 Å². The van der Waals surface area contributed by atoms with Crippen LogP contribution in [-0.2, 0) is 25.1 Å². The molecule has 0 saturated carbocycles. The van der Waals surface area contributed by atoms with Crippen LogP contribution in [0.15, 0.2) is 70.8 Å². The van der Waals surface area contributed by atoms with Crippen LogP contribution in [0.4, 0.5) is 13.2 Å². The Bertz CT molecular complexity index is 1860. The highest BCUT2D eigenvalue weighted by Gasteiger charge is 2.53. The van der Waals surface area contributed by atoms with Gasteiger partial charge in [0.2, 0.25) is 0 Å². The molecule has 2 saturated heterocycles. The molecule has 7 rings (SSSR count). The van der Waals surface area contributed by atoms with Crippen LogP contribution in [0.25, 0.3) is 16.4 Å². The SMILES string of the molecule is COC1C(n2cc(-c3nc(Cl)cs3)nn2)[C@H]2OC(c3ccccc3)OCC2O[C@H]1c1cc(Br)nn1-c1cc(Cl)ccc1C(F)(F)F. The average molecular weight is 758 g/mol. The van der Waals surface area contributed by atoms with Crippen molar-refractivity contribution in [3.8, 4) is 16.4 Å². The molecule has 5 aromatic rings. The van der Waals surface area contributed by atoms with Gasteiger partial charge in [-0.25, -0.2) is 14.3 Å². The third-order valence-corrected chi connectivity index (χ3v) is 9.51. The second kappa shape index (κ2) is 12.6. The Hall–Kier alpha value is -2.89. The summed E-state index contributed by atoms with van der Waals surface area (Å²) in [4.78, 5) is 4.30. The van der Waals surface area contributed by atoms with Crippen molar-refractivity contribution >= 4 is 50.5 Å². The summed E-state index contributed by atoms with van der Waals surface area (Å²) in [5.41, 5.74) is 0.342. The van der Waals surface area contributed by atoms with Crippen LogP contribution in [0.2, 0.25) is 10.2 Å². The maximum Gasteiger partial charge on any atom is 0.418 e. The number of hydrogen-bond donors (Lipinski definition) is 0. The van der Waals surface area contributed by atoms with E-state index < -0.39 is 48.5 Å². The Morgan fingerprint density at radius 3 is 2.61 bits per heavy atom. The summed E-state index contributed by atoms with van der Waals surface area (Å²) in [5, 5.41) is 15.8. The van der Waals surface area contributed by atoms with Gasteiger partial charge in [-0.15, -0.1) is 16.4 Å². The second-order valence-electron chi connectivity index (χ2n) is 10.5. The van der Waals surface area contributed by atoms with Crippen LogP contribution in [0, 0.1) is 0 Å². The van der Waals surface area contributed by atoms with E-state index in [4.69, 9.17) is 42.1 Å². The number of hydrogen-bond acceptors (Lipinski definition) is 9. The third kappa shape index (κ3) is 5.99. The minimum atomic E-state index is -4.69. The van der Waals surface area contributed by atoms with Crippen molar-refractivity contribution in [3.63, 3.8) is 0 Å². The molecule has 2 aromatic carbocycles. The van der Waals surface area contributed by atoms with E-state index in [0.717, 1.165) is 16.3 Å². The molecule has 0 amide bonds. The quantitative estimate of drug-likeness (QED) is 0.176. The number of aromatic nitrogens is 6. The van der Waals surface area contributed by atoms with Crippen LogP contribution >= 0.6 is 50.5 Å². The zero-order valence-electron chi connectivity index (χ0n) is 23.5. The molecule has 10 nitrogen and oxygen atoms in total. The minimum absolute atomic E-state index is 0.102. The van der Waals surface area contributed by atoms with Gasteiger partial charge in [-0.2, -0.15) is 18.3 Å². The molecule has 6 atom stereocenters. The summed E-state index contributed by atoms with van der Waals surface area (Å²) in [6.45, 7) is 0.109. The number of benzene rings is 2. The molecular formula is C29H22BrCl2F3N6O4S. The van der Waals surface area contributed by atoms with Gasteiger partial charge in [0.05, 0.1) is 29.7 Å². The highest BCUT2D eigenvalue weighted by atomic mass is 79.9. The molecule has 2 aliphatic heterocycles. The first-order valence-electron chi connectivity index (χ1n) is 13.8. The summed E-state index contributed by atoms with van der Waals surface area (Å²) in [6, 6.07) is 13.6. The van der Waals surface area contributed by atoms with E-state index in [1.54, 1.807) is 22.3 Å². The summed E-state index contributed by atoms with van der Waals surface area (Å²) in [6.07, 6.45) is -6.90. The van der Waals surface area contributed by atoms with E-state index in [0.29, 0.717) is 15.9 Å². The van der Waals surface area contributed by atoms with E-state index in [-0.39, 0.29) is 27.6 Å². The molecule has 2 fully saturated rings. The molecule has 2 aliphatic rings. The predicted octanol–water partition coefficient (Wildman–Crippen LogP) is 7.49. The van der Waals surface area contributed by atoms with Crippen LogP contribution < -0.4 is 0 Å². The van der Waals surface area contributed by atoms with Crippen LogP contribution in [0.1, 0.15) is 35.3 Å². The van der Waals surface area contributed by atoms with E-state index in [1.165, 1.54) is 30.6 Å². The smallest absolute Gasteiger partial charge is 0.376 e. The van der Waals surface area contributed by atoms with Crippen molar-refractivity contribution in [2.75, 3.05) is 13.7 Å². The number of fused-ring (bicyclic) bond motifs is 1. The summed E-state index contributed by atoms with van der Waals surface area (Å²) in [7, 11) is 1.48. The molecule has 0 N–H and O–H groups in total. The Balaban J connectivity index is 1.33. The lowest BCUT2D eigenvalue weighted by Crippen LogP contribution is -2.57. The number of thiazole rings is 1. The maximum atomic E-state index is 14.2. The molecule has 5 heterocycles. The zero-order chi connectivity index (χ0) is 32.2. The molecule has 46 heavy (non-hydrogen) atoms. The van der Waals surface area contributed by atoms with Crippen molar-refractivity contribution in [3.05, 3.63) is 97.8 Å². The van der Waals surface area contributed by atoms with Crippen LogP contribution in [0.3, 0.4) is 0 Å². The van der Waals surface area contributed by atoms with Crippen molar-refractivity contribution in [2.45, 2.75) is 42.9 Å². The fourth-order valence-electron chi connectivity index (χ4n) is 5.76. The first kappa shape index (κ1) is 31.7. The standard InChI is InChI=1S/C29H22BrCl2F3N6O4S/c1-42-26-23(40-11-17(37-39-40)27-36-22(32)13-46-27)25-20(12-43-28(45-25)14-5-3-2-4-6-14)44-24(26)19-10-21(30)38-41(19)18-9-15(31)7-8-16(18)29(33,34)35/h2-11,13,20,23-26,28H,12H2,1H3/t20?,23?,24-,25-,26?,28?/m0/s1. The van der Waals surface area contributed by atoms with E-state index in [1.807, 2.05) is 30.3 Å². The largest absolute Gasteiger partial charge is 0.418 e. The summed E-state index contributed by atoms with van der Waals surface area (Å²) >= 11 is 16.9. The van der Waals surface area contributed by atoms with Gasteiger partial charge in [-0.3, -0.25) is 0 Å². The first-order chi connectivity index (χ1) is 22.1. The lowest BCUT2D eigenvalue weighted by atomic mass is 9.90. The highest BCUT2D eigenvalue weighted by molar-refractivity contribution is 9.10. The van der Waals surface area contributed by atoms with Gasteiger partial charge in [0.1, 0.15) is 50.9 Å². The molecular weight excluding hydrogens is 736 g/mol. The molecule has 17 heteroatoms. The predicted molar refractivity (Wildman–Crippen MR) is 165 cm³/mol. The van der Waals surface area contributed by atoms with Gasteiger partial charge in [0.15, 0.2) is 6.29 Å². The van der Waals surface area contributed by atoms with Crippen molar-refractivity contribution in [1.29, 1.82) is 0 Å². The number of methoxy groups -OCH3 is 1. The van der Waals surface area contributed by atoms with Gasteiger partial charge in [-0.1, -0.05) is 58.7 Å². The highest BCUT2D eigenvalue weighted by Crippen LogP contribution is 2.46. The average Bonchev–Trinajstić information content (AvgIpc) is 3.79. The molecule has 0 radical (unpaired) electrons. The number of alkyl halides is 3. The topological polar surface area (TPSA) is 98.3 Å². The van der Waals surface area contributed by atoms with Gasteiger partial charge in [-0.05, 0) is 40.2 Å². The lowest BCUT2D eigenvalue weighted by molar-refractivity contribution is -0.320. The third-order valence-electron chi connectivity index (χ3n) is 7.70. The molecule has 0 aliphatic carbocycles. The molecule has 0 spiro atoms. The van der Waals surface area contributed by atoms with E-state index in [9.17, 15) is 13.2 Å². The van der Waals surface area contributed by atoms with Crippen molar-refractivity contribution < 1.29 is 32.1 Å². The van der Waals surface area contributed by atoms with Gasteiger partial charge < -0.3 is 18.9 Å². The summed E-state index contributed by atoms with van der Waals surface area (Å²) < 4.78 is 70.9. The van der Waals surface area contributed by atoms with Gasteiger partial charge in [0, 0.05) is 23.1 Å². The molecule has 4 unspecified atom stereocenters. The van der Waals surface area contributed by atoms with Crippen LogP contribution in [0.5, 0.6) is 0 Å². The molecule has 240 valence electrons. The van der Waals surface area contributed by atoms with Crippen LogP contribution in [-0.4, -0.2) is 61.8 Å². The number of ether oxygens (including phenoxy) is 4. The van der Waals surface area contributed by atoms with Gasteiger partial charge in [0.25, 0.3) is 0 Å². The minimum Gasteiger partial charge on any atom is -0.376 e. The normalized spacial score (nSPS) is 25.0. The summed E-state index contributed by atoms with van der Waals surface area (Å²) in [5.74, 6) is 0. The van der Waals surface area contributed by atoms with Gasteiger partial charge >= 0.3 is 6.18 Å². The number of halogens is 6. The maximum absolute atomic E-state index is 14.2. The fraction of sp³-hybridized carbons (Fsp3) is 0.310. The molecule has 0 bridgehead atoms. The second-order valence-corrected chi connectivity index (χ2v) is 13.0. The Morgan fingerprint density at radius 1 is 1.09 bits per heavy atom. The zero-order valence-corrected chi connectivity index (χ0v) is 27.4. The fourth-order valence-corrected chi connectivity index (χ4v) is 7.21. The number of nitrogens with zero attached hydrogens (tertiary/aromatic N) is 6. The monoisotopic (exact) mass is 756 g/mol. The molecule has 3 aromatic heterocycles. The van der Waals surface area contributed by atoms with Crippen molar-refractivity contribution in [1.82, 2.24) is 29.8 Å². The van der Waals surface area contributed by atoms with E-state index in [2.05, 4.69) is 36.3 Å².